The van der Waals surface area contributed by atoms with Crippen LogP contribution in [-0.4, -0.2) is 103 Å². The molecule has 2 aliphatic heterocycles. The number of hydrogen-bond acceptors (Lipinski definition) is 5. The molecule has 0 saturated carbocycles. The Hall–Kier alpha value is -3.28. The molecule has 12 heteroatoms. The number of methoxy groups -OCH3 is 1. The normalized spacial score (nSPS) is 19.6. The molecule has 4 amide bonds. The molecular weight excluding hydrogens is 521 g/mol. The third-order valence-corrected chi connectivity index (χ3v) is 8.47. The van der Waals surface area contributed by atoms with E-state index < -0.39 is 18.1 Å². The standard InChI is InChI=1S/C26H31F3N4O4S/c1-16-13-19(37-4)5-6-20(16)21-7-8-22(38-21)23(34)30(2)17-9-11-32(14-17)25(36)33-12-10-18(15-33)31(3)24(35)26(27,28)29/h5-8,13,17-18H,9-12,14-15H2,1-4H3/t17-,18+/m0/s1. The first kappa shape index (κ1) is 27.7. The van der Waals surface area contributed by atoms with Crippen LogP contribution >= 0.6 is 11.3 Å². The number of carbonyl (C=O) groups excluding carboxylic acids is 3. The molecule has 4 rings (SSSR count). The lowest BCUT2D eigenvalue weighted by atomic mass is 10.1. The molecular formula is C26H31F3N4O4S. The first-order valence-electron chi connectivity index (χ1n) is 12.3. The summed E-state index contributed by atoms with van der Waals surface area (Å²) in [5.41, 5.74) is 2.07. The van der Waals surface area contributed by atoms with E-state index in [-0.39, 0.29) is 37.5 Å². The first-order valence-corrected chi connectivity index (χ1v) is 13.1. The number of ether oxygens (including phenoxy) is 1. The molecule has 0 N–H and O–H groups in total. The van der Waals surface area contributed by atoms with Crippen molar-refractivity contribution in [2.75, 3.05) is 47.4 Å². The van der Waals surface area contributed by atoms with Crippen LogP contribution in [0.2, 0.25) is 0 Å². The van der Waals surface area contributed by atoms with Crippen LogP contribution in [0, 0.1) is 6.92 Å². The lowest BCUT2D eigenvalue weighted by molar-refractivity contribution is -0.185. The quantitative estimate of drug-likeness (QED) is 0.560. The number of nitrogens with zero attached hydrogens (tertiary/aromatic N) is 4. The number of halogens is 3. The Bertz CT molecular complexity index is 1220. The molecule has 2 aliphatic rings. The van der Waals surface area contributed by atoms with Crippen LogP contribution < -0.4 is 4.74 Å². The molecule has 1 aromatic carbocycles. The van der Waals surface area contributed by atoms with Gasteiger partial charge in [-0.3, -0.25) is 9.59 Å². The number of amides is 4. The van der Waals surface area contributed by atoms with Crippen molar-refractivity contribution in [3.8, 4) is 16.2 Å². The van der Waals surface area contributed by atoms with E-state index in [0.717, 1.165) is 28.8 Å². The van der Waals surface area contributed by atoms with Gasteiger partial charge in [0.1, 0.15) is 5.75 Å². The fourth-order valence-corrected chi connectivity index (χ4v) is 6.09. The van der Waals surface area contributed by atoms with Gasteiger partial charge in [-0.25, -0.2) is 4.79 Å². The van der Waals surface area contributed by atoms with Crippen molar-refractivity contribution in [1.29, 1.82) is 0 Å². The molecule has 38 heavy (non-hydrogen) atoms. The van der Waals surface area contributed by atoms with Crippen LogP contribution in [0.15, 0.2) is 30.3 Å². The molecule has 2 fully saturated rings. The number of benzene rings is 1. The maximum Gasteiger partial charge on any atom is 0.471 e. The number of likely N-dealkylation sites (tertiary alicyclic amines) is 2. The molecule has 206 valence electrons. The van der Waals surface area contributed by atoms with E-state index in [4.69, 9.17) is 4.74 Å². The van der Waals surface area contributed by atoms with Gasteiger partial charge in [0.15, 0.2) is 0 Å². The second-order valence-corrected chi connectivity index (χ2v) is 10.8. The fourth-order valence-electron chi connectivity index (χ4n) is 5.01. The van der Waals surface area contributed by atoms with Crippen LogP contribution in [0.5, 0.6) is 5.75 Å². The predicted octanol–water partition coefficient (Wildman–Crippen LogP) is 4.09. The highest BCUT2D eigenvalue weighted by Crippen LogP contribution is 2.33. The first-order chi connectivity index (χ1) is 17.9. The van der Waals surface area contributed by atoms with Gasteiger partial charge in [0.05, 0.1) is 24.1 Å². The molecule has 0 radical (unpaired) electrons. The minimum Gasteiger partial charge on any atom is -0.497 e. The number of carbonyl (C=O) groups is 3. The summed E-state index contributed by atoms with van der Waals surface area (Å²) in [6.45, 7) is 3.10. The zero-order valence-corrected chi connectivity index (χ0v) is 22.6. The summed E-state index contributed by atoms with van der Waals surface area (Å²) in [6.07, 6.45) is -4.05. The van der Waals surface area contributed by atoms with E-state index in [2.05, 4.69) is 0 Å². The molecule has 0 aliphatic carbocycles. The van der Waals surface area contributed by atoms with E-state index in [0.29, 0.717) is 29.3 Å². The predicted molar refractivity (Wildman–Crippen MR) is 137 cm³/mol. The van der Waals surface area contributed by atoms with Gasteiger partial charge in [-0.2, -0.15) is 13.2 Å². The molecule has 0 spiro atoms. The summed E-state index contributed by atoms with van der Waals surface area (Å²) < 4.78 is 43.6. The summed E-state index contributed by atoms with van der Waals surface area (Å²) in [5, 5.41) is 0. The number of likely N-dealkylation sites (N-methyl/N-ethyl adjacent to an activating group) is 2. The topological polar surface area (TPSA) is 73.4 Å². The number of aryl methyl sites for hydroxylation is 1. The minimum atomic E-state index is -4.94. The average molecular weight is 553 g/mol. The Kier molecular flexibility index (Phi) is 7.91. The van der Waals surface area contributed by atoms with Crippen molar-refractivity contribution in [3.05, 3.63) is 40.8 Å². The monoisotopic (exact) mass is 552 g/mol. The third kappa shape index (κ3) is 5.59. The summed E-state index contributed by atoms with van der Waals surface area (Å²) in [5.74, 6) is -1.26. The zero-order chi connectivity index (χ0) is 27.8. The minimum absolute atomic E-state index is 0.0514. The number of urea groups is 1. The largest absolute Gasteiger partial charge is 0.497 e. The van der Waals surface area contributed by atoms with Crippen molar-refractivity contribution in [1.82, 2.24) is 19.6 Å². The Morgan fingerprint density at radius 2 is 1.58 bits per heavy atom. The van der Waals surface area contributed by atoms with Crippen LogP contribution in [-0.2, 0) is 4.79 Å². The fraction of sp³-hybridized carbons (Fsp3) is 0.500. The molecule has 3 heterocycles. The smallest absolute Gasteiger partial charge is 0.471 e. The highest BCUT2D eigenvalue weighted by atomic mass is 32.1. The molecule has 2 saturated heterocycles. The lowest BCUT2D eigenvalue weighted by Crippen LogP contribution is -2.47. The van der Waals surface area contributed by atoms with E-state index in [1.807, 2.05) is 37.3 Å². The van der Waals surface area contributed by atoms with Gasteiger partial charge in [0, 0.05) is 45.2 Å². The molecule has 2 atom stereocenters. The molecule has 0 unspecified atom stereocenters. The number of rotatable bonds is 5. The zero-order valence-electron chi connectivity index (χ0n) is 21.7. The average Bonchev–Trinajstić information content (AvgIpc) is 3.66. The maximum atomic E-state index is 13.2. The highest BCUT2D eigenvalue weighted by Gasteiger charge is 2.45. The molecule has 2 aromatic rings. The van der Waals surface area contributed by atoms with Gasteiger partial charge in [0.2, 0.25) is 0 Å². The molecule has 0 bridgehead atoms. The summed E-state index contributed by atoms with van der Waals surface area (Å²) in [6, 6.07) is 8.40. The van der Waals surface area contributed by atoms with Gasteiger partial charge in [-0.1, -0.05) is 0 Å². The number of alkyl halides is 3. The van der Waals surface area contributed by atoms with Crippen molar-refractivity contribution < 1.29 is 32.3 Å². The van der Waals surface area contributed by atoms with Crippen molar-refractivity contribution >= 4 is 29.2 Å². The van der Waals surface area contributed by atoms with E-state index in [1.54, 1.807) is 24.0 Å². The van der Waals surface area contributed by atoms with Crippen LogP contribution in [0.3, 0.4) is 0 Å². The van der Waals surface area contributed by atoms with Crippen LogP contribution in [0.1, 0.15) is 28.1 Å². The second kappa shape index (κ2) is 10.8. The van der Waals surface area contributed by atoms with Crippen molar-refractivity contribution in [2.24, 2.45) is 0 Å². The van der Waals surface area contributed by atoms with Gasteiger partial charge in [-0.15, -0.1) is 11.3 Å². The van der Waals surface area contributed by atoms with Gasteiger partial charge in [0.25, 0.3) is 5.91 Å². The summed E-state index contributed by atoms with van der Waals surface area (Å²) >= 11 is 1.41. The van der Waals surface area contributed by atoms with Crippen molar-refractivity contribution in [3.63, 3.8) is 0 Å². The van der Waals surface area contributed by atoms with Gasteiger partial charge < -0.3 is 24.3 Å². The van der Waals surface area contributed by atoms with E-state index >= 15 is 0 Å². The summed E-state index contributed by atoms with van der Waals surface area (Å²) in [7, 11) is 4.46. The SMILES string of the molecule is COc1ccc(-c2ccc(C(=O)N(C)[C@H]3CCN(C(=O)N4CC[C@@H](N(C)C(=O)C(F)(F)F)C4)C3)s2)c(C)c1. The molecule has 8 nitrogen and oxygen atoms in total. The van der Waals surface area contributed by atoms with Crippen LogP contribution in [0.4, 0.5) is 18.0 Å². The molecule has 1 aromatic heterocycles. The van der Waals surface area contributed by atoms with Gasteiger partial charge in [-0.05, 0) is 61.2 Å². The maximum absolute atomic E-state index is 13.2. The lowest BCUT2D eigenvalue weighted by Gasteiger charge is -2.28. The van der Waals surface area contributed by atoms with Gasteiger partial charge >= 0.3 is 18.1 Å². The second-order valence-electron chi connectivity index (χ2n) is 9.73. The Morgan fingerprint density at radius 1 is 0.974 bits per heavy atom. The van der Waals surface area contributed by atoms with E-state index in [9.17, 15) is 27.6 Å². The Balaban J connectivity index is 1.34. The Labute approximate surface area is 223 Å². The number of thiophene rings is 1. The third-order valence-electron chi connectivity index (χ3n) is 7.36. The Morgan fingerprint density at radius 3 is 2.13 bits per heavy atom. The van der Waals surface area contributed by atoms with Crippen LogP contribution in [0.25, 0.3) is 10.4 Å². The summed E-state index contributed by atoms with van der Waals surface area (Å²) in [4.78, 5) is 44.8. The van der Waals surface area contributed by atoms with Crippen molar-refractivity contribution in [2.45, 2.75) is 38.0 Å². The highest BCUT2D eigenvalue weighted by molar-refractivity contribution is 7.17. The number of hydrogen-bond donors (Lipinski definition) is 0. The van der Waals surface area contributed by atoms with E-state index in [1.165, 1.54) is 16.2 Å².